The van der Waals surface area contributed by atoms with E-state index in [1.165, 1.54) is 6.21 Å². The predicted octanol–water partition coefficient (Wildman–Crippen LogP) is 3.12. The van der Waals surface area contributed by atoms with E-state index in [4.69, 9.17) is 4.74 Å². The Morgan fingerprint density at radius 1 is 0.885 bits per heavy atom. The topological polar surface area (TPSA) is 63.9 Å². The van der Waals surface area contributed by atoms with E-state index in [0.29, 0.717) is 11.1 Å². The van der Waals surface area contributed by atoms with Gasteiger partial charge in [-0.1, -0.05) is 12.1 Å². The van der Waals surface area contributed by atoms with Crippen molar-refractivity contribution in [3.05, 3.63) is 83.7 Å². The van der Waals surface area contributed by atoms with E-state index < -0.39 is 11.8 Å². The van der Waals surface area contributed by atoms with Crippen molar-refractivity contribution in [1.82, 2.24) is 9.58 Å². The second-order valence-electron chi connectivity index (χ2n) is 5.71. The Morgan fingerprint density at radius 2 is 1.54 bits per heavy atom. The molecule has 0 bridgehead atoms. The SMILES string of the molecule is COc1ccc(-n2cccc2/C=N/N2C(=O)c3ccccc3C2=O)cc1. The largest absolute Gasteiger partial charge is 0.497 e. The van der Waals surface area contributed by atoms with E-state index >= 15 is 0 Å². The van der Waals surface area contributed by atoms with Crippen LogP contribution in [0.4, 0.5) is 0 Å². The Morgan fingerprint density at radius 3 is 2.15 bits per heavy atom. The van der Waals surface area contributed by atoms with E-state index in [0.717, 1.165) is 22.1 Å². The highest BCUT2D eigenvalue weighted by Crippen LogP contribution is 2.23. The number of carbonyl (C=O) groups is 2. The van der Waals surface area contributed by atoms with Crippen molar-refractivity contribution in [2.24, 2.45) is 5.10 Å². The molecule has 0 N–H and O–H groups in total. The van der Waals surface area contributed by atoms with E-state index in [2.05, 4.69) is 5.10 Å². The van der Waals surface area contributed by atoms with Crippen molar-refractivity contribution >= 4 is 18.0 Å². The molecule has 0 unspecified atom stereocenters. The molecule has 3 aromatic rings. The van der Waals surface area contributed by atoms with Crippen molar-refractivity contribution in [1.29, 1.82) is 0 Å². The minimum Gasteiger partial charge on any atom is -0.497 e. The van der Waals surface area contributed by atoms with Crippen LogP contribution in [0.25, 0.3) is 5.69 Å². The Balaban J connectivity index is 1.62. The summed E-state index contributed by atoms with van der Waals surface area (Å²) < 4.78 is 7.07. The van der Waals surface area contributed by atoms with Crippen molar-refractivity contribution in [2.45, 2.75) is 0 Å². The minimum absolute atomic E-state index is 0.375. The van der Waals surface area contributed by atoms with Crippen molar-refractivity contribution in [3.63, 3.8) is 0 Å². The zero-order valence-corrected chi connectivity index (χ0v) is 14.0. The molecule has 0 spiro atoms. The predicted molar refractivity (Wildman–Crippen MR) is 96.9 cm³/mol. The monoisotopic (exact) mass is 345 g/mol. The number of nitrogens with zero attached hydrogens (tertiary/aromatic N) is 3. The van der Waals surface area contributed by atoms with E-state index in [-0.39, 0.29) is 0 Å². The Kier molecular flexibility index (Phi) is 3.85. The van der Waals surface area contributed by atoms with Crippen molar-refractivity contribution < 1.29 is 14.3 Å². The molecule has 0 saturated carbocycles. The Bertz CT molecular complexity index is 984. The van der Waals surface area contributed by atoms with Crippen LogP contribution in [-0.2, 0) is 0 Å². The zero-order chi connectivity index (χ0) is 18.1. The highest BCUT2D eigenvalue weighted by atomic mass is 16.5. The van der Waals surface area contributed by atoms with E-state index in [1.807, 2.05) is 47.2 Å². The van der Waals surface area contributed by atoms with Gasteiger partial charge in [0.05, 0.1) is 30.1 Å². The van der Waals surface area contributed by atoms with Gasteiger partial charge in [-0.05, 0) is 48.5 Å². The summed E-state index contributed by atoms with van der Waals surface area (Å²) >= 11 is 0. The van der Waals surface area contributed by atoms with Gasteiger partial charge in [-0.15, -0.1) is 0 Å². The number of benzene rings is 2. The first-order valence-electron chi connectivity index (χ1n) is 8.02. The second-order valence-corrected chi connectivity index (χ2v) is 5.71. The van der Waals surface area contributed by atoms with Gasteiger partial charge in [0, 0.05) is 11.9 Å². The third-order valence-electron chi connectivity index (χ3n) is 4.21. The molecule has 1 aromatic heterocycles. The maximum Gasteiger partial charge on any atom is 0.282 e. The van der Waals surface area contributed by atoms with Gasteiger partial charge in [-0.2, -0.15) is 10.1 Å². The van der Waals surface area contributed by atoms with E-state index in [1.54, 1.807) is 31.4 Å². The quantitative estimate of drug-likeness (QED) is 0.539. The number of hydrogen-bond acceptors (Lipinski definition) is 4. The molecule has 2 heterocycles. The number of rotatable bonds is 4. The molecule has 0 radical (unpaired) electrons. The van der Waals surface area contributed by atoms with Crippen LogP contribution in [0.15, 0.2) is 72.0 Å². The highest BCUT2D eigenvalue weighted by Gasteiger charge is 2.35. The lowest BCUT2D eigenvalue weighted by molar-refractivity contribution is 0.0660. The molecule has 6 heteroatoms. The Hall–Kier alpha value is -3.67. The van der Waals surface area contributed by atoms with Gasteiger partial charge in [0.2, 0.25) is 0 Å². The van der Waals surface area contributed by atoms with Crippen LogP contribution in [-0.4, -0.2) is 34.7 Å². The normalized spacial score (nSPS) is 13.5. The number of amides is 2. The summed E-state index contributed by atoms with van der Waals surface area (Å²) in [5.74, 6) is -0.0593. The molecule has 2 aromatic carbocycles. The number of carbonyl (C=O) groups excluding carboxylic acids is 2. The van der Waals surface area contributed by atoms with Gasteiger partial charge in [0.1, 0.15) is 5.75 Å². The number of imide groups is 1. The molecule has 0 fully saturated rings. The second kappa shape index (κ2) is 6.33. The number of methoxy groups -OCH3 is 1. The molecule has 6 nitrogen and oxygen atoms in total. The van der Waals surface area contributed by atoms with Gasteiger partial charge in [-0.25, -0.2) is 0 Å². The summed E-state index contributed by atoms with van der Waals surface area (Å²) in [4.78, 5) is 24.7. The lowest BCUT2D eigenvalue weighted by Crippen LogP contribution is -2.24. The molecule has 2 amide bonds. The number of fused-ring (bicyclic) bond motifs is 1. The van der Waals surface area contributed by atoms with Crippen LogP contribution < -0.4 is 4.74 Å². The molecule has 26 heavy (non-hydrogen) atoms. The number of ether oxygens (including phenoxy) is 1. The summed E-state index contributed by atoms with van der Waals surface area (Å²) in [7, 11) is 1.62. The fourth-order valence-corrected chi connectivity index (χ4v) is 2.88. The maximum absolute atomic E-state index is 12.4. The molecule has 1 aliphatic rings. The molecular weight excluding hydrogens is 330 g/mol. The van der Waals surface area contributed by atoms with Gasteiger partial charge >= 0.3 is 0 Å². The molecule has 1 aliphatic heterocycles. The first-order valence-corrected chi connectivity index (χ1v) is 8.02. The van der Waals surface area contributed by atoms with Gasteiger partial charge < -0.3 is 9.30 Å². The summed E-state index contributed by atoms with van der Waals surface area (Å²) in [6.45, 7) is 0. The number of hydrogen-bond donors (Lipinski definition) is 0. The lowest BCUT2D eigenvalue weighted by atomic mass is 10.1. The minimum atomic E-state index is -0.413. The summed E-state index contributed by atoms with van der Waals surface area (Å²) in [6, 6.07) is 18.0. The molecular formula is C20H15N3O3. The first kappa shape index (κ1) is 15.8. The number of hydrazone groups is 1. The third-order valence-corrected chi connectivity index (χ3v) is 4.21. The van der Waals surface area contributed by atoms with E-state index in [9.17, 15) is 9.59 Å². The molecule has 128 valence electrons. The van der Waals surface area contributed by atoms with Crippen molar-refractivity contribution in [3.8, 4) is 11.4 Å². The van der Waals surface area contributed by atoms with Crippen LogP contribution >= 0.6 is 0 Å². The summed E-state index contributed by atoms with van der Waals surface area (Å²) in [5, 5.41) is 5.02. The highest BCUT2D eigenvalue weighted by molar-refractivity contribution is 6.21. The van der Waals surface area contributed by atoms with Crippen LogP contribution in [0.3, 0.4) is 0 Å². The zero-order valence-electron chi connectivity index (χ0n) is 14.0. The molecule has 0 saturated heterocycles. The van der Waals surface area contributed by atoms with Crippen LogP contribution in [0.2, 0.25) is 0 Å². The lowest BCUT2D eigenvalue weighted by Gasteiger charge is -2.09. The fraction of sp³-hybridized carbons (Fsp3) is 0.0500. The van der Waals surface area contributed by atoms with Crippen molar-refractivity contribution in [2.75, 3.05) is 7.11 Å². The van der Waals surface area contributed by atoms with Crippen LogP contribution in [0.1, 0.15) is 26.4 Å². The average molecular weight is 345 g/mol. The van der Waals surface area contributed by atoms with Crippen LogP contribution in [0.5, 0.6) is 5.75 Å². The maximum atomic E-state index is 12.4. The van der Waals surface area contributed by atoms with Crippen LogP contribution in [0, 0.1) is 0 Å². The third kappa shape index (κ3) is 2.57. The standard InChI is InChI=1S/C20H15N3O3/c1-26-16-10-8-14(9-11-16)22-12-4-5-15(22)13-21-23-19(24)17-6-2-3-7-18(17)20(23)25/h2-13H,1H3/b21-13+. The summed E-state index contributed by atoms with van der Waals surface area (Å²) in [6.07, 6.45) is 3.39. The van der Waals surface area contributed by atoms with Gasteiger partial charge in [0.25, 0.3) is 11.8 Å². The Labute approximate surface area is 149 Å². The molecule has 0 aliphatic carbocycles. The fourth-order valence-electron chi connectivity index (χ4n) is 2.88. The first-order chi connectivity index (χ1) is 12.7. The van der Waals surface area contributed by atoms with Gasteiger partial charge in [-0.3, -0.25) is 9.59 Å². The van der Waals surface area contributed by atoms with Gasteiger partial charge in [0.15, 0.2) is 0 Å². The summed E-state index contributed by atoms with van der Waals surface area (Å²) in [5.41, 5.74) is 2.41. The molecule has 4 rings (SSSR count). The number of aromatic nitrogens is 1. The smallest absolute Gasteiger partial charge is 0.282 e. The molecule has 0 atom stereocenters. The average Bonchev–Trinajstić information content (AvgIpc) is 3.24.